The first-order chi connectivity index (χ1) is 6.27. The predicted molar refractivity (Wildman–Crippen MR) is 49.3 cm³/mol. The Morgan fingerprint density at radius 2 is 1.92 bits per heavy atom. The number of hydrogen-bond acceptors (Lipinski definition) is 3. The molecule has 1 aliphatic carbocycles. The van der Waals surface area contributed by atoms with Crippen LogP contribution in [0.25, 0.3) is 0 Å². The highest BCUT2D eigenvalue weighted by molar-refractivity contribution is 5.66. The minimum Gasteiger partial charge on any atom is -0.462 e. The van der Waals surface area contributed by atoms with Gasteiger partial charge in [-0.15, -0.1) is 0 Å². The first kappa shape index (κ1) is 9.00. The molecule has 1 saturated carbocycles. The van der Waals surface area contributed by atoms with E-state index < -0.39 is 0 Å². The van der Waals surface area contributed by atoms with Gasteiger partial charge in [-0.05, 0) is 12.8 Å². The average Bonchev–Trinajstić information content (AvgIpc) is 2.02. The van der Waals surface area contributed by atoms with E-state index in [1.54, 1.807) is 0 Å². The molecule has 2 aliphatic rings. The Morgan fingerprint density at radius 3 is 2.46 bits per heavy atom. The summed E-state index contributed by atoms with van der Waals surface area (Å²) < 4.78 is 5.38. The Labute approximate surface area is 78.8 Å². The number of piperidine rings is 1. The van der Waals surface area contributed by atoms with Gasteiger partial charge in [-0.1, -0.05) is 6.42 Å². The van der Waals surface area contributed by atoms with Gasteiger partial charge in [0.2, 0.25) is 0 Å². The second-order valence-electron chi connectivity index (χ2n) is 4.18. The van der Waals surface area contributed by atoms with Crippen LogP contribution in [0.5, 0.6) is 0 Å². The standard InChI is InChI=1S/C10H17NO2/c1-7(12)13-10-8-3-2-4-9(10)6-11-5-8/h8-11H,2-6H2,1H3. The SMILES string of the molecule is CC(=O)OC1C2CCCC1CNC2. The van der Waals surface area contributed by atoms with E-state index in [9.17, 15) is 4.79 Å². The third-order valence-corrected chi connectivity index (χ3v) is 3.19. The molecule has 2 fully saturated rings. The van der Waals surface area contributed by atoms with E-state index in [-0.39, 0.29) is 12.1 Å². The van der Waals surface area contributed by atoms with Gasteiger partial charge < -0.3 is 10.1 Å². The lowest BCUT2D eigenvalue weighted by Crippen LogP contribution is -2.51. The van der Waals surface area contributed by atoms with Crippen molar-refractivity contribution in [3.05, 3.63) is 0 Å². The van der Waals surface area contributed by atoms with E-state index in [2.05, 4.69) is 5.32 Å². The molecule has 1 saturated heterocycles. The van der Waals surface area contributed by atoms with Gasteiger partial charge in [0.25, 0.3) is 0 Å². The van der Waals surface area contributed by atoms with Gasteiger partial charge in [0.05, 0.1) is 0 Å². The molecule has 0 amide bonds. The molecule has 3 heteroatoms. The Morgan fingerprint density at radius 1 is 1.31 bits per heavy atom. The molecule has 0 aromatic rings. The summed E-state index contributed by atoms with van der Waals surface area (Å²) in [6.07, 6.45) is 3.92. The first-order valence-electron chi connectivity index (χ1n) is 5.15. The molecule has 0 aromatic carbocycles. The number of esters is 1. The summed E-state index contributed by atoms with van der Waals surface area (Å²) in [5.41, 5.74) is 0. The third-order valence-electron chi connectivity index (χ3n) is 3.19. The molecular weight excluding hydrogens is 166 g/mol. The summed E-state index contributed by atoms with van der Waals surface area (Å²) in [5, 5.41) is 3.40. The molecule has 2 bridgehead atoms. The Hall–Kier alpha value is -0.570. The van der Waals surface area contributed by atoms with Crippen LogP contribution in [0.15, 0.2) is 0 Å². The van der Waals surface area contributed by atoms with Crippen LogP contribution < -0.4 is 5.32 Å². The van der Waals surface area contributed by atoms with E-state index >= 15 is 0 Å². The molecule has 0 spiro atoms. The molecule has 2 unspecified atom stereocenters. The lowest BCUT2D eigenvalue weighted by atomic mass is 9.76. The average molecular weight is 183 g/mol. The molecule has 0 radical (unpaired) electrons. The molecule has 1 N–H and O–H groups in total. The second kappa shape index (κ2) is 3.66. The van der Waals surface area contributed by atoms with E-state index in [1.807, 2.05) is 0 Å². The van der Waals surface area contributed by atoms with Crippen LogP contribution in [0.1, 0.15) is 26.2 Å². The van der Waals surface area contributed by atoms with Crippen LogP contribution in [0.4, 0.5) is 0 Å². The van der Waals surface area contributed by atoms with E-state index in [1.165, 1.54) is 26.2 Å². The predicted octanol–water partition coefficient (Wildman–Crippen LogP) is 0.938. The Balaban J connectivity index is 2.02. The quantitative estimate of drug-likeness (QED) is 0.615. The number of ether oxygens (including phenoxy) is 1. The molecule has 74 valence electrons. The van der Waals surface area contributed by atoms with Crippen LogP contribution in [-0.2, 0) is 9.53 Å². The maximum Gasteiger partial charge on any atom is 0.302 e. The van der Waals surface area contributed by atoms with Crippen molar-refractivity contribution in [1.29, 1.82) is 0 Å². The Bertz CT molecular complexity index is 183. The smallest absolute Gasteiger partial charge is 0.302 e. The minimum atomic E-state index is -0.121. The lowest BCUT2D eigenvalue weighted by Gasteiger charge is -2.41. The second-order valence-corrected chi connectivity index (χ2v) is 4.18. The van der Waals surface area contributed by atoms with Crippen molar-refractivity contribution in [3.8, 4) is 0 Å². The summed E-state index contributed by atoms with van der Waals surface area (Å²) in [5.74, 6) is 1.01. The topological polar surface area (TPSA) is 38.3 Å². The highest BCUT2D eigenvalue weighted by atomic mass is 16.5. The lowest BCUT2D eigenvalue weighted by molar-refractivity contribution is -0.156. The van der Waals surface area contributed by atoms with Gasteiger partial charge in [-0.2, -0.15) is 0 Å². The van der Waals surface area contributed by atoms with Gasteiger partial charge >= 0.3 is 5.97 Å². The monoisotopic (exact) mass is 183 g/mol. The highest BCUT2D eigenvalue weighted by Gasteiger charge is 2.38. The first-order valence-corrected chi connectivity index (χ1v) is 5.15. The molecule has 3 nitrogen and oxygen atoms in total. The van der Waals surface area contributed by atoms with Crippen LogP contribution in [0.2, 0.25) is 0 Å². The summed E-state index contributed by atoms with van der Waals surface area (Å²) in [6.45, 7) is 3.56. The minimum absolute atomic E-state index is 0.121. The number of carbonyl (C=O) groups is 1. The molecule has 13 heavy (non-hydrogen) atoms. The van der Waals surface area contributed by atoms with Crippen LogP contribution in [0, 0.1) is 11.8 Å². The number of hydrogen-bond donors (Lipinski definition) is 1. The fourth-order valence-corrected chi connectivity index (χ4v) is 2.63. The van der Waals surface area contributed by atoms with Crippen LogP contribution in [0.3, 0.4) is 0 Å². The largest absolute Gasteiger partial charge is 0.462 e. The zero-order valence-electron chi connectivity index (χ0n) is 8.08. The number of fused-ring (bicyclic) bond motifs is 2. The molecule has 1 heterocycles. The van der Waals surface area contributed by atoms with E-state index in [0.29, 0.717) is 11.8 Å². The summed E-state index contributed by atoms with van der Waals surface area (Å²) >= 11 is 0. The molecule has 2 rings (SSSR count). The van der Waals surface area contributed by atoms with Gasteiger partial charge in [0.15, 0.2) is 0 Å². The van der Waals surface area contributed by atoms with Crippen molar-refractivity contribution in [2.45, 2.75) is 32.3 Å². The zero-order chi connectivity index (χ0) is 9.26. The summed E-state index contributed by atoms with van der Waals surface area (Å²) in [6, 6.07) is 0. The van der Waals surface area contributed by atoms with Crippen molar-refractivity contribution >= 4 is 5.97 Å². The van der Waals surface area contributed by atoms with Gasteiger partial charge in [-0.3, -0.25) is 4.79 Å². The maximum atomic E-state index is 10.9. The Kier molecular flexibility index (Phi) is 2.54. The van der Waals surface area contributed by atoms with Crippen molar-refractivity contribution in [1.82, 2.24) is 5.32 Å². The normalized spacial score (nSPS) is 38.4. The van der Waals surface area contributed by atoms with Crippen molar-refractivity contribution in [3.63, 3.8) is 0 Å². The van der Waals surface area contributed by atoms with Gasteiger partial charge in [-0.25, -0.2) is 0 Å². The van der Waals surface area contributed by atoms with E-state index in [0.717, 1.165) is 13.1 Å². The summed E-state index contributed by atoms with van der Waals surface area (Å²) in [7, 11) is 0. The van der Waals surface area contributed by atoms with Crippen molar-refractivity contribution in [2.75, 3.05) is 13.1 Å². The van der Waals surface area contributed by atoms with Gasteiger partial charge in [0.1, 0.15) is 6.10 Å². The number of carbonyl (C=O) groups excluding carboxylic acids is 1. The van der Waals surface area contributed by atoms with Gasteiger partial charge in [0, 0.05) is 31.8 Å². The molecular formula is C10H17NO2. The van der Waals surface area contributed by atoms with Crippen molar-refractivity contribution < 1.29 is 9.53 Å². The van der Waals surface area contributed by atoms with E-state index in [4.69, 9.17) is 4.74 Å². The third kappa shape index (κ3) is 1.85. The molecule has 2 atom stereocenters. The van der Waals surface area contributed by atoms with Crippen LogP contribution >= 0.6 is 0 Å². The fourth-order valence-electron chi connectivity index (χ4n) is 2.63. The maximum absolute atomic E-state index is 10.9. The van der Waals surface area contributed by atoms with Crippen molar-refractivity contribution in [2.24, 2.45) is 11.8 Å². The fraction of sp³-hybridized carbons (Fsp3) is 0.900. The highest BCUT2D eigenvalue weighted by Crippen LogP contribution is 2.33. The molecule has 0 aromatic heterocycles. The number of rotatable bonds is 1. The van der Waals surface area contributed by atoms with Crippen LogP contribution in [-0.4, -0.2) is 25.2 Å². The number of nitrogens with one attached hydrogen (secondary N) is 1. The summed E-state index contributed by atoms with van der Waals surface area (Å²) in [4.78, 5) is 10.9. The molecule has 1 aliphatic heterocycles. The zero-order valence-corrected chi connectivity index (χ0v) is 8.08.